The topological polar surface area (TPSA) is 55.1 Å². The Morgan fingerprint density at radius 1 is 1.10 bits per heavy atom. The number of carbonyl (C=O) groups excluding carboxylic acids is 1. The first-order chi connectivity index (χ1) is 9.63. The minimum atomic E-state index is -0.0916. The molecule has 102 valence electrons. The molecule has 1 aliphatic rings. The number of rotatable bonds is 2. The molecule has 0 saturated carbocycles. The lowest BCUT2D eigenvalue weighted by atomic mass is 10.1. The van der Waals surface area contributed by atoms with Crippen LogP contribution in [-0.2, 0) is 12.8 Å². The maximum Gasteiger partial charge on any atom is 0.255 e. The average Bonchev–Trinajstić information content (AvgIpc) is 2.89. The second-order valence-electron chi connectivity index (χ2n) is 5.36. The van der Waals surface area contributed by atoms with Crippen molar-refractivity contribution >= 4 is 17.3 Å². The maximum atomic E-state index is 12.2. The van der Waals surface area contributed by atoms with Gasteiger partial charge in [-0.1, -0.05) is 6.07 Å². The molecule has 3 N–H and O–H groups in total. The zero-order valence-electron chi connectivity index (χ0n) is 11.6. The van der Waals surface area contributed by atoms with Crippen molar-refractivity contribution in [2.75, 3.05) is 11.1 Å². The van der Waals surface area contributed by atoms with Crippen molar-refractivity contribution in [2.45, 2.75) is 26.2 Å². The highest BCUT2D eigenvalue weighted by Crippen LogP contribution is 2.25. The molecule has 0 heterocycles. The molecule has 0 unspecified atom stereocenters. The van der Waals surface area contributed by atoms with Gasteiger partial charge in [-0.3, -0.25) is 4.79 Å². The van der Waals surface area contributed by atoms with Gasteiger partial charge in [0.2, 0.25) is 0 Å². The first-order valence-electron chi connectivity index (χ1n) is 6.93. The van der Waals surface area contributed by atoms with Gasteiger partial charge < -0.3 is 11.1 Å². The molecular formula is C17H18N2O. The summed E-state index contributed by atoms with van der Waals surface area (Å²) in [5, 5.41) is 2.95. The van der Waals surface area contributed by atoms with E-state index in [1.54, 1.807) is 12.1 Å². The van der Waals surface area contributed by atoms with E-state index in [2.05, 4.69) is 17.4 Å². The molecule has 3 nitrogen and oxygen atoms in total. The zero-order chi connectivity index (χ0) is 14.1. The summed E-state index contributed by atoms with van der Waals surface area (Å²) in [6, 6.07) is 11.5. The second-order valence-corrected chi connectivity index (χ2v) is 5.36. The van der Waals surface area contributed by atoms with Crippen LogP contribution in [0.25, 0.3) is 0 Å². The summed E-state index contributed by atoms with van der Waals surface area (Å²) in [7, 11) is 0. The summed E-state index contributed by atoms with van der Waals surface area (Å²) < 4.78 is 0. The highest BCUT2D eigenvalue weighted by Gasteiger charge is 2.12. The molecule has 0 bridgehead atoms. The number of carbonyl (C=O) groups is 1. The molecule has 0 saturated heterocycles. The van der Waals surface area contributed by atoms with E-state index in [1.165, 1.54) is 17.5 Å². The third kappa shape index (κ3) is 2.39. The van der Waals surface area contributed by atoms with Gasteiger partial charge in [0.25, 0.3) is 5.91 Å². The predicted molar refractivity (Wildman–Crippen MR) is 82.0 cm³/mol. The average molecular weight is 266 g/mol. The van der Waals surface area contributed by atoms with Gasteiger partial charge in [0.1, 0.15) is 0 Å². The first kappa shape index (κ1) is 12.7. The number of anilines is 2. The Morgan fingerprint density at radius 3 is 2.70 bits per heavy atom. The molecular weight excluding hydrogens is 248 g/mol. The molecule has 0 aromatic heterocycles. The fourth-order valence-corrected chi connectivity index (χ4v) is 2.67. The molecule has 3 rings (SSSR count). The van der Waals surface area contributed by atoms with E-state index in [0.29, 0.717) is 11.3 Å². The number of aryl methyl sites for hydroxylation is 3. The summed E-state index contributed by atoms with van der Waals surface area (Å²) in [4.78, 5) is 12.2. The number of nitrogen functional groups attached to an aromatic ring is 1. The van der Waals surface area contributed by atoms with Crippen LogP contribution in [0.15, 0.2) is 36.4 Å². The minimum Gasteiger partial charge on any atom is -0.399 e. The van der Waals surface area contributed by atoms with Crippen molar-refractivity contribution in [3.63, 3.8) is 0 Å². The lowest BCUT2D eigenvalue weighted by molar-refractivity contribution is 0.102. The highest BCUT2D eigenvalue weighted by atomic mass is 16.1. The summed E-state index contributed by atoms with van der Waals surface area (Å²) >= 11 is 0. The van der Waals surface area contributed by atoms with E-state index in [1.807, 2.05) is 19.1 Å². The smallest absolute Gasteiger partial charge is 0.255 e. The van der Waals surface area contributed by atoms with E-state index in [-0.39, 0.29) is 5.91 Å². The molecule has 0 radical (unpaired) electrons. The summed E-state index contributed by atoms with van der Waals surface area (Å²) in [6.07, 6.45) is 3.48. The van der Waals surface area contributed by atoms with E-state index in [0.717, 1.165) is 24.1 Å². The van der Waals surface area contributed by atoms with Crippen molar-refractivity contribution < 1.29 is 4.79 Å². The Balaban J connectivity index is 1.80. The summed E-state index contributed by atoms with van der Waals surface area (Å²) in [6.45, 7) is 1.90. The van der Waals surface area contributed by atoms with E-state index in [4.69, 9.17) is 5.73 Å². The van der Waals surface area contributed by atoms with Gasteiger partial charge in [-0.15, -0.1) is 0 Å². The third-order valence-electron chi connectivity index (χ3n) is 3.89. The normalized spacial score (nSPS) is 13.1. The van der Waals surface area contributed by atoms with Crippen LogP contribution in [0.2, 0.25) is 0 Å². The fourth-order valence-electron chi connectivity index (χ4n) is 2.67. The van der Waals surface area contributed by atoms with Crippen molar-refractivity contribution in [3.05, 3.63) is 58.7 Å². The first-order valence-corrected chi connectivity index (χ1v) is 6.93. The lowest BCUT2D eigenvalue weighted by Crippen LogP contribution is -2.12. The van der Waals surface area contributed by atoms with Crippen LogP contribution in [0.4, 0.5) is 11.4 Å². The number of hydrogen-bond donors (Lipinski definition) is 2. The van der Waals surface area contributed by atoms with Gasteiger partial charge in [-0.2, -0.15) is 0 Å². The minimum absolute atomic E-state index is 0.0916. The number of fused-ring (bicyclic) bond motifs is 1. The van der Waals surface area contributed by atoms with Crippen molar-refractivity contribution in [3.8, 4) is 0 Å². The molecule has 3 heteroatoms. The quantitative estimate of drug-likeness (QED) is 0.819. The number of amides is 1. The molecule has 0 atom stereocenters. The molecule has 0 spiro atoms. The van der Waals surface area contributed by atoms with Gasteiger partial charge in [0.05, 0.1) is 0 Å². The van der Waals surface area contributed by atoms with Crippen molar-refractivity contribution in [2.24, 2.45) is 0 Å². The van der Waals surface area contributed by atoms with Crippen molar-refractivity contribution in [1.29, 1.82) is 0 Å². The van der Waals surface area contributed by atoms with Crippen LogP contribution >= 0.6 is 0 Å². The van der Waals surface area contributed by atoms with E-state index < -0.39 is 0 Å². The zero-order valence-corrected chi connectivity index (χ0v) is 11.6. The molecule has 0 fully saturated rings. The van der Waals surface area contributed by atoms with Gasteiger partial charge in [0, 0.05) is 16.9 Å². The lowest BCUT2D eigenvalue weighted by Gasteiger charge is -2.09. The maximum absolute atomic E-state index is 12.2. The number of nitrogens with one attached hydrogen (secondary N) is 1. The Bertz CT molecular complexity index is 677. The Kier molecular flexibility index (Phi) is 3.18. The predicted octanol–water partition coefficient (Wildman–Crippen LogP) is 3.32. The van der Waals surface area contributed by atoms with Gasteiger partial charge in [-0.05, 0) is 73.2 Å². The molecule has 2 aromatic carbocycles. The van der Waals surface area contributed by atoms with Crippen LogP contribution in [0, 0.1) is 6.92 Å². The fraction of sp³-hybridized carbons (Fsp3) is 0.235. The van der Waals surface area contributed by atoms with E-state index in [9.17, 15) is 4.79 Å². The van der Waals surface area contributed by atoms with Crippen LogP contribution in [0.5, 0.6) is 0 Å². The van der Waals surface area contributed by atoms with Gasteiger partial charge in [-0.25, -0.2) is 0 Å². The van der Waals surface area contributed by atoms with Gasteiger partial charge in [0.15, 0.2) is 0 Å². The van der Waals surface area contributed by atoms with E-state index >= 15 is 0 Å². The summed E-state index contributed by atoms with van der Waals surface area (Å²) in [5.41, 5.74) is 11.7. The Morgan fingerprint density at radius 2 is 1.90 bits per heavy atom. The third-order valence-corrected chi connectivity index (χ3v) is 3.89. The van der Waals surface area contributed by atoms with Crippen LogP contribution in [0.3, 0.4) is 0 Å². The molecule has 2 aromatic rings. The monoisotopic (exact) mass is 266 g/mol. The molecule has 0 aliphatic heterocycles. The molecule has 20 heavy (non-hydrogen) atoms. The second kappa shape index (κ2) is 5.00. The molecule has 1 aliphatic carbocycles. The Hall–Kier alpha value is -2.29. The highest BCUT2D eigenvalue weighted by molar-refractivity contribution is 6.04. The largest absolute Gasteiger partial charge is 0.399 e. The summed E-state index contributed by atoms with van der Waals surface area (Å²) in [5.74, 6) is -0.0916. The van der Waals surface area contributed by atoms with Crippen LogP contribution in [0.1, 0.15) is 33.5 Å². The standard InChI is InChI=1S/C17H18N2O/c1-11-9-14(6-8-16(11)18)17(20)19-15-7-5-12-3-2-4-13(12)10-15/h5-10H,2-4,18H2,1H3,(H,19,20). The number of benzene rings is 2. The van der Waals surface area contributed by atoms with Gasteiger partial charge >= 0.3 is 0 Å². The van der Waals surface area contributed by atoms with Crippen molar-refractivity contribution in [1.82, 2.24) is 0 Å². The van der Waals surface area contributed by atoms with Crippen LogP contribution in [-0.4, -0.2) is 5.91 Å². The SMILES string of the molecule is Cc1cc(C(=O)Nc2ccc3c(c2)CCC3)ccc1N. The molecule has 1 amide bonds. The Labute approximate surface area is 118 Å². The number of nitrogens with two attached hydrogens (primary N) is 1. The number of hydrogen-bond acceptors (Lipinski definition) is 2. The van der Waals surface area contributed by atoms with Crippen LogP contribution < -0.4 is 11.1 Å².